The number of urea groups is 1. The monoisotopic (exact) mass is 474 g/mol. The number of para-hydroxylation sites is 1. The molecule has 0 aromatic heterocycles. The number of alkyl halides is 3. The molecule has 0 radical (unpaired) electrons. The molecule has 3 aromatic carbocycles. The van der Waals surface area contributed by atoms with Crippen molar-refractivity contribution in [1.82, 2.24) is 5.32 Å². The van der Waals surface area contributed by atoms with Crippen molar-refractivity contribution in [2.45, 2.75) is 17.9 Å². The van der Waals surface area contributed by atoms with Gasteiger partial charge in [-0.3, -0.25) is 9.69 Å². The smallest absolute Gasteiger partial charge is 0.362 e. The van der Waals surface area contributed by atoms with Gasteiger partial charge in [0, 0.05) is 16.3 Å². The molecule has 1 aliphatic heterocycles. The summed E-state index contributed by atoms with van der Waals surface area (Å²) in [6, 6.07) is 17.3. The lowest BCUT2D eigenvalue weighted by atomic mass is 9.76. The fourth-order valence-electron chi connectivity index (χ4n) is 4.06. The van der Waals surface area contributed by atoms with Gasteiger partial charge in [0.1, 0.15) is 5.92 Å². The van der Waals surface area contributed by atoms with E-state index in [2.05, 4.69) is 5.32 Å². The summed E-state index contributed by atoms with van der Waals surface area (Å²) in [6.07, 6.45) is -5.37. The molecule has 1 heterocycles. The summed E-state index contributed by atoms with van der Waals surface area (Å²) in [7, 11) is 0. The van der Waals surface area contributed by atoms with Crippen LogP contribution in [0.2, 0.25) is 5.02 Å². The van der Waals surface area contributed by atoms with E-state index in [1.807, 2.05) is 0 Å². The molecule has 33 heavy (non-hydrogen) atoms. The molecule has 170 valence electrons. The molecule has 4 rings (SSSR count). The van der Waals surface area contributed by atoms with Gasteiger partial charge in [0.05, 0.1) is 6.04 Å². The molecule has 1 aliphatic rings. The van der Waals surface area contributed by atoms with Gasteiger partial charge >= 0.3 is 12.2 Å². The lowest BCUT2D eigenvalue weighted by Gasteiger charge is -2.51. The van der Waals surface area contributed by atoms with Gasteiger partial charge in [-0.05, 0) is 29.8 Å². The first-order valence-electron chi connectivity index (χ1n) is 9.94. The van der Waals surface area contributed by atoms with Crippen LogP contribution in [-0.4, -0.2) is 28.8 Å². The summed E-state index contributed by atoms with van der Waals surface area (Å²) in [4.78, 5) is 26.8. The van der Waals surface area contributed by atoms with Crippen molar-refractivity contribution in [2.24, 2.45) is 5.92 Å². The van der Waals surface area contributed by atoms with Crippen LogP contribution in [0, 0.1) is 5.92 Å². The quantitative estimate of drug-likeness (QED) is 0.500. The minimum Gasteiger partial charge on any atom is -0.362 e. The van der Waals surface area contributed by atoms with Crippen molar-refractivity contribution in [3.05, 3.63) is 101 Å². The van der Waals surface area contributed by atoms with Crippen LogP contribution >= 0.6 is 11.6 Å². The van der Waals surface area contributed by atoms with Gasteiger partial charge in [-0.1, -0.05) is 72.3 Å². The molecule has 1 saturated heterocycles. The maximum atomic E-state index is 14.7. The number of carbonyl (C=O) groups excluding carboxylic acids is 2. The number of amides is 2. The minimum atomic E-state index is -5.37. The number of aliphatic hydroxyl groups is 1. The maximum absolute atomic E-state index is 14.7. The maximum Gasteiger partial charge on any atom is 0.437 e. The summed E-state index contributed by atoms with van der Waals surface area (Å²) in [5.74, 6) is -3.10. The van der Waals surface area contributed by atoms with Gasteiger partial charge in [-0.2, -0.15) is 13.2 Å². The molecule has 5 nitrogen and oxygen atoms in total. The Hall–Kier alpha value is -3.36. The number of halogens is 4. The van der Waals surface area contributed by atoms with Crippen LogP contribution in [0.1, 0.15) is 22.0 Å². The van der Waals surface area contributed by atoms with Crippen LogP contribution in [0.5, 0.6) is 0 Å². The second-order valence-electron chi connectivity index (χ2n) is 7.58. The Kier molecular flexibility index (Phi) is 5.90. The van der Waals surface area contributed by atoms with Crippen molar-refractivity contribution in [3.63, 3.8) is 0 Å². The first kappa shape index (κ1) is 22.8. The molecule has 0 aliphatic carbocycles. The van der Waals surface area contributed by atoms with Crippen LogP contribution in [0.15, 0.2) is 84.9 Å². The number of rotatable bonds is 4. The highest BCUT2D eigenvalue weighted by Gasteiger charge is 2.70. The summed E-state index contributed by atoms with van der Waals surface area (Å²) in [5, 5.41) is 14.2. The molecular formula is C24H18ClF3N2O3. The molecule has 1 fully saturated rings. The number of nitrogens with one attached hydrogen (secondary N) is 1. The average Bonchev–Trinajstić information content (AvgIpc) is 2.79. The van der Waals surface area contributed by atoms with E-state index in [0.29, 0.717) is 5.02 Å². The van der Waals surface area contributed by atoms with Crippen molar-refractivity contribution >= 4 is 29.1 Å². The fraction of sp³-hybridized carbons (Fsp3) is 0.167. The molecule has 0 spiro atoms. The highest BCUT2D eigenvalue weighted by Crippen LogP contribution is 2.49. The topological polar surface area (TPSA) is 69.6 Å². The normalized spacial score (nSPS) is 23.2. The van der Waals surface area contributed by atoms with Crippen molar-refractivity contribution < 1.29 is 27.9 Å². The largest absolute Gasteiger partial charge is 0.437 e. The summed E-state index contributed by atoms with van der Waals surface area (Å²) in [5.41, 5.74) is -3.89. The first-order chi connectivity index (χ1) is 15.6. The van der Waals surface area contributed by atoms with Gasteiger partial charge in [0.25, 0.3) is 5.72 Å². The van der Waals surface area contributed by atoms with Gasteiger partial charge in [-0.25, -0.2) is 4.79 Å². The summed E-state index contributed by atoms with van der Waals surface area (Å²) >= 11 is 5.91. The minimum absolute atomic E-state index is 0.0340. The van der Waals surface area contributed by atoms with Crippen LogP contribution in [-0.2, 0) is 0 Å². The first-order valence-corrected chi connectivity index (χ1v) is 10.3. The number of hydrogen-bond donors (Lipinski definition) is 2. The van der Waals surface area contributed by atoms with Crippen LogP contribution in [0.4, 0.5) is 23.7 Å². The molecule has 2 N–H and O–H groups in total. The predicted octanol–water partition coefficient (Wildman–Crippen LogP) is 5.36. The zero-order valence-corrected chi connectivity index (χ0v) is 17.7. The third kappa shape index (κ3) is 3.96. The Bertz CT molecular complexity index is 1160. The lowest BCUT2D eigenvalue weighted by Crippen LogP contribution is -2.74. The van der Waals surface area contributed by atoms with Gasteiger partial charge in [0.15, 0.2) is 5.78 Å². The van der Waals surface area contributed by atoms with Crippen molar-refractivity contribution in [2.75, 3.05) is 4.90 Å². The van der Waals surface area contributed by atoms with E-state index in [1.165, 1.54) is 72.8 Å². The number of nitrogens with zero attached hydrogens (tertiary/aromatic N) is 1. The fourth-order valence-corrected chi connectivity index (χ4v) is 4.19. The molecule has 3 atom stereocenters. The van der Waals surface area contributed by atoms with E-state index >= 15 is 0 Å². The number of hydrogen-bond acceptors (Lipinski definition) is 3. The molecule has 9 heteroatoms. The van der Waals surface area contributed by atoms with Crippen LogP contribution in [0.25, 0.3) is 0 Å². The molecule has 0 bridgehead atoms. The predicted molar refractivity (Wildman–Crippen MR) is 117 cm³/mol. The van der Waals surface area contributed by atoms with Gasteiger partial charge < -0.3 is 10.4 Å². The third-order valence-electron chi connectivity index (χ3n) is 5.59. The summed E-state index contributed by atoms with van der Waals surface area (Å²) < 4.78 is 44.0. The van der Waals surface area contributed by atoms with Gasteiger partial charge in [-0.15, -0.1) is 0 Å². The van der Waals surface area contributed by atoms with E-state index in [4.69, 9.17) is 11.6 Å². The number of ketones is 1. The standard InChI is InChI=1S/C24H18ClF3N2O3/c25-17-13-11-15(12-14-17)20-19(21(31)16-7-3-1-4-8-16)23(33,24(26,27)28)30(22(32)29-20)18-9-5-2-6-10-18/h1-14,19-20,33H,(H,29,32)/t19-,20-,23-/m0/s1. The second kappa shape index (κ2) is 8.53. The van der Waals surface area contributed by atoms with Crippen LogP contribution < -0.4 is 10.2 Å². The number of anilines is 1. The molecule has 0 saturated carbocycles. The molecule has 3 aromatic rings. The Morgan fingerprint density at radius 1 is 0.939 bits per heavy atom. The highest BCUT2D eigenvalue weighted by molar-refractivity contribution is 6.30. The van der Waals surface area contributed by atoms with Crippen LogP contribution in [0.3, 0.4) is 0 Å². The zero-order chi connectivity index (χ0) is 23.8. The number of Topliss-reactive ketones (excluding diaryl/α,β-unsaturated/α-hetero) is 1. The Balaban J connectivity index is 1.96. The third-order valence-corrected chi connectivity index (χ3v) is 5.84. The number of benzene rings is 3. The highest BCUT2D eigenvalue weighted by atomic mass is 35.5. The Morgan fingerprint density at radius 3 is 2.03 bits per heavy atom. The lowest BCUT2D eigenvalue weighted by molar-refractivity contribution is -0.275. The van der Waals surface area contributed by atoms with Crippen molar-refractivity contribution in [3.8, 4) is 0 Å². The summed E-state index contributed by atoms with van der Waals surface area (Å²) in [6.45, 7) is 0. The number of carbonyl (C=O) groups is 2. The molecular weight excluding hydrogens is 457 g/mol. The van der Waals surface area contributed by atoms with E-state index in [0.717, 1.165) is 0 Å². The molecule has 0 unspecified atom stereocenters. The molecule has 2 amide bonds. The Labute approximate surface area is 192 Å². The van der Waals surface area contributed by atoms with Gasteiger partial charge in [0.2, 0.25) is 0 Å². The van der Waals surface area contributed by atoms with Crippen molar-refractivity contribution in [1.29, 1.82) is 0 Å². The van der Waals surface area contributed by atoms with E-state index < -0.39 is 35.7 Å². The zero-order valence-electron chi connectivity index (χ0n) is 17.0. The second-order valence-corrected chi connectivity index (χ2v) is 8.02. The average molecular weight is 475 g/mol. The van der Waals surface area contributed by atoms with E-state index in [1.54, 1.807) is 12.1 Å². The van der Waals surface area contributed by atoms with E-state index in [9.17, 15) is 27.9 Å². The van der Waals surface area contributed by atoms with E-state index in [-0.39, 0.29) is 21.7 Å². The Morgan fingerprint density at radius 2 is 1.48 bits per heavy atom. The SMILES string of the molecule is O=C(c1ccccc1)[C@@H]1[C@H](c2ccc(Cl)cc2)NC(=O)N(c2ccccc2)[C@@]1(O)C(F)(F)F.